The molecule has 1 heterocycles. The number of para-hydroxylation sites is 1. The van der Waals surface area contributed by atoms with Crippen LogP contribution in [0.15, 0.2) is 24.3 Å². The molecule has 1 atom stereocenters. The summed E-state index contributed by atoms with van der Waals surface area (Å²) in [5.41, 5.74) is 7.00. The largest absolute Gasteiger partial charge is 0.493 e. The van der Waals surface area contributed by atoms with E-state index in [9.17, 15) is 4.79 Å². The minimum absolute atomic E-state index is 0. The van der Waals surface area contributed by atoms with Crippen LogP contribution in [0.2, 0.25) is 0 Å². The summed E-state index contributed by atoms with van der Waals surface area (Å²) < 4.78 is 5.72. The SMILES string of the molecule is Cc1ccccc1OCCCC(=O)N1CCC(C)(CN)C1.Cl. The number of halogens is 1. The second-order valence-electron chi connectivity index (χ2n) is 6.30. The van der Waals surface area contributed by atoms with Gasteiger partial charge in [0, 0.05) is 19.5 Å². The van der Waals surface area contributed by atoms with Crippen LogP contribution in [0.5, 0.6) is 5.75 Å². The summed E-state index contributed by atoms with van der Waals surface area (Å²) in [6, 6.07) is 7.95. The van der Waals surface area contributed by atoms with Gasteiger partial charge in [-0.1, -0.05) is 25.1 Å². The quantitative estimate of drug-likeness (QED) is 0.818. The molecule has 1 aromatic carbocycles. The number of carbonyl (C=O) groups excluding carboxylic acids is 1. The van der Waals surface area contributed by atoms with Crippen LogP contribution < -0.4 is 10.5 Å². The van der Waals surface area contributed by atoms with E-state index < -0.39 is 0 Å². The molecule has 0 radical (unpaired) electrons. The maximum atomic E-state index is 12.2. The van der Waals surface area contributed by atoms with Crippen molar-refractivity contribution < 1.29 is 9.53 Å². The summed E-state index contributed by atoms with van der Waals surface area (Å²) in [7, 11) is 0. The number of nitrogens with two attached hydrogens (primary N) is 1. The van der Waals surface area contributed by atoms with Gasteiger partial charge in [0.05, 0.1) is 6.61 Å². The van der Waals surface area contributed by atoms with Crippen molar-refractivity contribution >= 4 is 18.3 Å². The number of amides is 1. The number of rotatable bonds is 6. The average molecular weight is 327 g/mol. The van der Waals surface area contributed by atoms with E-state index in [1.165, 1.54) is 0 Å². The highest BCUT2D eigenvalue weighted by Gasteiger charge is 2.34. The molecule has 2 N–H and O–H groups in total. The zero-order valence-electron chi connectivity index (χ0n) is 13.5. The van der Waals surface area contributed by atoms with Gasteiger partial charge in [-0.25, -0.2) is 0 Å². The summed E-state index contributed by atoms with van der Waals surface area (Å²) in [4.78, 5) is 14.1. The molecule has 1 saturated heterocycles. The van der Waals surface area contributed by atoms with E-state index in [-0.39, 0.29) is 23.7 Å². The average Bonchev–Trinajstić information content (AvgIpc) is 2.88. The van der Waals surface area contributed by atoms with Crippen LogP contribution >= 0.6 is 12.4 Å². The lowest BCUT2D eigenvalue weighted by Gasteiger charge is -2.22. The number of hydrogen-bond acceptors (Lipinski definition) is 3. The Balaban J connectivity index is 0.00000242. The lowest BCUT2D eigenvalue weighted by Crippen LogP contribution is -2.34. The molecule has 1 aromatic rings. The number of hydrogen-bond donors (Lipinski definition) is 1. The number of carbonyl (C=O) groups is 1. The van der Waals surface area contributed by atoms with E-state index in [0.29, 0.717) is 19.6 Å². The van der Waals surface area contributed by atoms with Crippen LogP contribution in [-0.2, 0) is 4.79 Å². The van der Waals surface area contributed by atoms with Crippen molar-refractivity contribution in [3.8, 4) is 5.75 Å². The van der Waals surface area contributed by atoms with Crippen LogP contribution in [0.25, 0.3) is 0 Å². The maximum absolute atomic E-state index is 12.2. The fraction of sp³-hybridized carbons (Fsp3) is 0.588. The number of likely N-dealkylation sites (tertiary alicyclic amines) is 1. The molecule has 0 aliphatic carbocycles. The standard InChI is InChI=1S/C17H26N2O2.ClH/c1-14-6-3-4-7-15(14)21-11-5-8-16(20)19-10-9-17(2,12-18)13-19;/h3-4,6-7H,5,8-13,18H2,1-2H3;1H. The van der Waals surface area contributed by atoms with E-state index >= 15 is 0 Å². The molecule has 1 aliphatic rings. The van der Waals surface area contributed by atoms with Crippen molar-refractivity contribution in [2.45, 2.75) is 33.1 Å². The van der Waals surface area contributed by atoms with Crippen LogP contribution in [0.1, 0.15) is 31.7 Å². The summed E-state index contributed by atoms with van der Waals surface area (Å²) in [5.74, 6) is 1.13. The molecule has 22 heavy (non-hydrogen) atoms. The summed E-state index contributed by atoms with van der Waals surface area (Å²) >= 11 is 0. The Morgan fingerprint density at radius 3 is 2.77 bits per heavy atom. The summed E-state index contributed by atoms with van der Waals surface area (Å²) in [5, 5.41) is 0. The summed E-state index contributed by atoms with van der Waals surface area (Å²) in [6.45, 7) is 7.04. The predicted molar refractivity (Wildman–Crippen MR) is 91.5 cm³/mol. The highest BCUT2D eigenvalue weighted by molar-refractivity contribution is 5.85. The molecule has 1 unspecified atom stereocenters. The minimum Gasteiger partial charge on any atom is -0.493 e. The molecule has 0 saturated carbocycles. The first kappa shape index (κ1) is 18.8. The summed E-state index contributed by atoms with van der Waals surface area (Å²) in [6.07, 6.45) is 2.31. The lowest BCUT2D eigenvalue weighted by molar-refractivity contribution is -0.130. The van der Waals surface area contributed by atoms with Gasteiger partial charge < -0.3 is 15.4 Å². The Kier molecular flexibility index (Phi) is 7.17. The van der Waals surface area contributed by atoms with E-state index in [1.807, 2.05) is 36.1 Å². The van der Waals surface area contributed by atoms with Gasteiger partial charge in [-0.2, -0.15) is 0 Å². The first-order valence-electron chi connectivity index (χ1n) is 7.70. The van der Waals surface area contributed by atoms with Crippen molar-refractivity contribution in [2.24, 2.45) is 11.1 Å². The molecule has 5 heteroatoms. The number of nitrogens with zero attached hydrogens (tertiary/aromatic N) is 1. The Hall–Kier alpha value is -1.26. The van der Waals surface area contributed by atoms with E-state index in [4.69, 9.17) is 10.5 Å². The molecule has 0 bridgehead atoms. The number of aryl methyl sites for hydroxylation is 1. The number of ether oxygens (including phenoxy) is 1. The third-order valence-electron chi connectivity index (χ3n) is 4.29. The van der Waals surface area contributed by atoms with Crippen LogP contribution in [0, 0.1) is 12.3 Å². The third kappa shape index (κ3) is 4.89. The third-order valence-corrected chi connectivity index (χ3v) is 4.29. The van der Waals surface area contributed by atoms with Gasteiger partial charge in [-0.3, -0.25) is 4.79 Å². The van der Waals surface area contributed by atoms with E-state index in [0.717, 1.165) is 37.2 Å². The monoisotopic (exact) mass is 326 g/mol. The van der Waals surface area contributed by atoms with Crippen LogP contribution in [-0.4, -0.2) is 37.0 Å². The Morgan fingerprint density at radius 1 is 1.41 bits per heavy atom. The fourth-order valence-corrected chi connectivity index (χ4v) is 2.69. The second kappa shape index (κ2) is 8.39. The predicted octanol–water partition coefficient (Wildman–Crippen LogP) is 2.77. The van der Waals surface area contributed by atoms with Crippen LogP contribution in [0.3, 0.4) is 0 Å². The van der Waals surface area contributed by atoms with E-state index in [2.05, 4.69) is 6.92 Å². The van der Waals surface area contributed by atoms with Crippen molar-refractivity contribution in [3.63, 3.8) is 0 Å². The molecule has 4 nitrogen and oxygen atoms in total. The molecule has 124 valence electrons. The smallest absolute Gasteiger partial charge is 0.222 e. The maximum Gasteiger partial charge on any atom is 0.222 e. The van der Waals surface area contributed by atoms with Gasteiger partial charge >= 0.3 is 0 Å². The van der Waals surface area contributed by atoms with Gasteiger partial charge in [0.2, 0.25) is 5.91 Å². The fourth-order valence-electron chi connectivity index (χ4n) is 2.69. The molecular formula is C17H27ClN2O2. The molecule has 1 amide bonds. The van der Waals surface area contributed by atoms with Crippen molar-refractivity contribution in [1.29, 1.82) is 0 Å². The minimum atomic E-state index is 0. The van der Waals surface area contributed by atoms with Gasteiger partial charge in [-0.05, 0) is 43.4 Å². The van der Waals surface area contributed by atoms with Gasteiger partial charge in [0.1, 0.15) is 5.75 Å². The zero-order chi connectivity index (χ0) is 15.3. The van der Waals surface area contributed by atoms with Crippen molar-refractivity contribution in [3.05, 3.63) is 29.8 Å². The first-order valence-corrected chi connectivity index (χ1v) is 7.70. The van der Waals surface area contributed by atoms with Gasteiger partial charge in [0.25, 0.3) is 0 Å². The topological polar surface area (TPSA) is 55.6 Å². The second-order valence-corrected chi connectivity index (χ2v) is 6.30. The highest BCUT2D eigenvalue weighted by Crippen LogP contribution is 2.28. The van der Waals surface area contributed by atoms with Gasteiger partial charge in [0.15, 0.2) is 0 Å². The highest BCUT2D eigenvalue weighted by atomic mass is 35.5. The Morgan fingerprint density at radius 2 is 2.14 bits per heavy atom. The van der Waals surface area contributed by atoms with E-state index in [1.54, 1.807) is 0 Å². The number of benzene rings is 1. The van der Waals surface area contributed by atoms with Crippen molar-refractivity contribution in [1.82, 2.24) is 4.90 Å². The lowest BCUT2D eigenvalue weighted by atomic mass is 9.90. The Labute approximate surface area is 139 Å². The first-order chi connectivity index (χ1) is 10.0. The molecule has 1 aliphatic heterocycles. The molecule has 1 fully saturated rings. The van der Waals surface area contributed by atoms with Crippen LogP contribution in [0.4, 0.5) is 0 Å². The molecule has 0 spiro atoms. The zero-order valence-corrected chi connectivity index (χ0v) is 14.3. The molecule has 2 rings (SSSR count). The molecular weight excluding hydrogens is 300 g/mol. The van der Waals surface area contributed by atoms with Gasteiger partial charge in [-0.15, -0.1) is 12.4 Å². The normalized spacial score (nSPS) is 20.6. The van der Waals surface area contributed by atoms with Crippen molar-refractivity contribution in [2.75, 3.05) is 26.2 Å². The Bertz CT molecular complexity index is 495. The molecule has 0 aromatic heterocycles.